The number of rotatable bonds is 6. The standard InChI is InChI=1S/C24H17N3O7/c28-22(17-8-12-19(13-9-17)27(33)34)20-21(16-6-10-18(11-7-16)26(31)32)25(24(30)23(20)29)14-15-4-2-1-3-5-15/h1-13,21,28H,14H2/b22-20-. The molecule has 0 aliphatic carbocycles. The van der Waals surface area contributed by atoms with E-state index < -0.39 is 33.3 Å². The lowest BCUT2D eigenvalue weighted by molar-refractivity contribution is -0.385. The summed E-state index contributed by atoms with van der Waals surface area (Å²) >= 11 is 0. The number of hydrogen-bond donors (Lipinski definition) is 1. The number of carbonyl (C=O) groups excluding carboxylic acids is 2. The van der Waals surface area contributed by atoms with E-state index in [1.165, 1.54) is 53.4 Å². The maximum absolute atomic E-state index is 13.0. The molecule has 0 aromatic heterocycles. The zero-order valence-corrected chi connectivity index (χ0v) is 17.5. The van der Waals surface area contributed by atoms with Crippen molar-refractivity contribution in [3.63, 3.8) is 0 Å². The van der Waals surface area contributed by atoms with E-state index in [0.29, 0.717) is 5.56 Å². The van der Waals surface area contributed by atoms with Gasteiger partial charge in [0.15, 0.2) is 0 Å². The molecule has 10 heteroatoms. The van der Waals surface area contributed by atoms with Crippen molar-refractivity contribution >= 4 is 28.8 Å². The van der Waals surface area contributed by atoms with E-state index in [-0.39, 0.29) is 29.1 Å². The second-order valence-electron chi connectivity index (χ2n) is 7.57. The first-order valence-corrected chi connectivity index (χ1v) is 10.1. The van der Waals surface area contributed by atoms with Crippen molar-refractivity contribution in [2.75, 3.05) is 0 Å². The number of nitrogens with zero attached hydrogens (tertiary/aromatic N) is 3. The fourth-order valence-corrected chi connectivity index (χ4v) is 3.84. The minimum atomic E-state index is -1.02. The van der Waals surface area contributed by atoms with E-state index in [0.717, 1.165) is 5.56 Å². The van der Waals surface area contributed by atoms with Crippen LogP contribution >= 0.6 is 0 Å². The topological polar surface area (TPSA) is 144 Å². The second-order valence-corrected chi connectivity index (χ2v) is 7.57. The quantitative estimate of drug-likeness (QED) is 0.192. The Morgan fingerprint density at radius 2 is 1.35 bits per heavy atom. The Morgan fingerprint density at radius 1 is 0.824 bits per heavy atom. The van der Waals surface area contributed by atoms with Crippen LogP contribution in [0.4, 0.5) is 11.4 Å². The van der Waals surface area contributed by atoms with Gasteiger partial charge >= 0.3 is 0 Å². The van der Waals surface area contributed by atoms with E-state index in [2.05, 4.69) is 0 Å². The third-order valence-electron chi connectivity index (χ3n) is 5.51. The van der Waals surface area contributed by atoms with Crippen LogP contribution in [0.2, 0.25) is 0 Å². The summed E-state index contributed by atoms with van der Waals surface area (Å²) in [5, 5.41) is 33.0. The number of ketones is 1. The Bertz CT molecular complexity index is 1320. The summed E-state index contributed by atoms with van der Waals surface area (Å²) in [6.07, 6.45) is 0. The van der Waals surface area contributed by atoms with Crippen LogP contribution in [0.25, 0.3) is 5.76 Å². The molecule has 1 aliphatic rings. The van der Waals surface area contributed by atoms with Gasteiger partial charge in [0.25, 0.3) is 23.1 Å². The monoisotopic (exact) mass is 459 g/mol. The number of nitro groups is 2. The van der Waals surface area contributed by atoms with Gasteiger partial charge in [0.1, 0.15) is 5.76 Å². The smallest absolute Gasteiger partial charge is 0.295 e. The molecule has 0 spiro atoms. The average molecular weight is 459 g/mol. The average Bonchev–Trinajstić information content (AvgIpc) is 3.09. The first-order valence-electron chi connectivity index (χ1n) is 10.1. The molecule has 0 radical (unpaired) electrons. The van der Waals surface area contributed by atoms with Crippen molar-refractivity contribution in [1.29, 1.82) is 0 Å². The van der Waals surface area contributed by atoms with Crippen LogP contribution in [0.5, 0.6) is 0 Å². The summed E-state index contributed by atoms with van der Waals surface area (Å²) in [6.45, 7) is 0.0596. The van der Waals surface area contributed by atoms with Crippen molar-refractivity contribution < 1.29 is 24.5 Å². The fraction of sp³-hybridized carbons (Fsp3) is 0.0833. The Morgan fingerprint density at radius 3 is 1.88 bits per heavy atom. The van der Waals surface area contributed by atoms with Crippen LogP contribution in [0.1, 0.15) is 22.7 Å². The highest BCUT2D eigenvalue weighted by molar-refractivity contribution is 6.46. The van der Waals surface area contributed by atoms with Gasteiger partial charge in [-0.3, -0.25) is 29.8 Å². The maximum atomic E-state index is 13.0. The van der Waals surface area contributed by atoms with Gasteiger partial charge in [-0.05, 0) is 35.4 Å². The molecule has 10 nitrogen and oxygen atoms in total. The molecule has 3 aromatic carbocycles. The molecule has 1 heterocycles. The molecule has 1 atom stereocenters. The SMILES string of the molecule is O=C1C(=O)N(Cc2ccccc2)C(c2ccc([N+](=O)[O-])cc2)/C1=C(/O)c1ccc([N+](=O)[O-])cc1. The first-order chi connectivity index (χ1) is 16.3. The van der Waals surface area contributed by atoms with Crippen LogP contribution in [-0.2, 0) is 16.1 Å². The van der Waals surface area contributed by atoms with Gasteiger partial charge < -0.3 is 10.0 Å². The molecule has 3 aromatic rings. The van der Waals surface area contributed by atoms with Crippen LogP contribution in [0.15, 0.2) is 84.4 Å². The van der Waals surface area contributed by atoms with Gasteiger partial charge in [-0.15, -0.1) is 0 Å². The summed E-state index contributed by atoms with van der Waals surface area (Å²) in [7, 11) is 0. The number of nitro benzene ring substituents is 2. The zero-order valence-electron chi connectivity index (χ0n) is 17.5. The second kappa shape index (κ2) is 8.94. The summed E-state index contributed by atoms with van der Waals surface area (Å²) in [5.41, 5.74) is 0.682. The number of likely N-dealkylation sites (tertiary alicyclic amines) is 1. The molecule has 1 fully saturated rings. The fourth-order valence-electron chi connectivity index (χ4n) is 3.84. The molecular formula is C24H17N3O7. The maximum Gasteiger partial charge on any atom is 0.295 e. The molecule has 1 amide bonds. The molecular weight excluding hydrogens is 442 g/mol. The molecule has 170 valence electrons. The van der Waals surface area contributed by atoms with Crippen LogP contribution < -0.4 is 0 Å². The van der Waals surface area contributed by atoms with Gasteiger partial charge in [0.05, 0.1) is 21.5 Å². The van der Waals surface area contributed by atoms with Gasteiger partial charge in [-0.25, -0.2) is 0 Å². The normalized spacial score (nSPS) is 17.1. The van der Waals surface area contributed by atoms with Gasteiger partial charge in [0.2, 0.25) is 0 Å². The predicted molar refractivity (Wildman–Crippen MR) is 120 cm³/mol. The van der Waals surface area contributed by atoms with E-state index >= 15 is 0 Å². The summed E-state index contributed by atoms with van der Waals surface area (Å²) in [4.78, 5) is 48.1. The lowest BCUT2D eigenvalue weighted by atomic mass is 9.95. The number of non-ortho nitro benzene ring substituents is 2. The van der Waals surface area contributed by atoms with E-state index in [1.54, 1.807) is 30.3 Å². The zero-order chi connectivity index (χ0) is 24.4. The number of amides is 1. The minimum Gasteiger partial charge on any atom is -0.507 e. The first kappa shape index (κ1) is 22.3. The van der Waals surface area contributed by atoms with Crippen molar-refractivity contribution in [2.24, 2.45) is 0 Å². The highest BCUT2D eigenvalue weighted by Gasteiger charge is 2.46. The predicted octanol–water partition coefficient (Wildman–Crippen LogP) is 4.12. The van der Waals surface area contributed by atoms with Crippen molar-refractivity contribution in [2.45, 2.75) is 12.6 Å². The summed E-state index contributed by atoms with van der Waals surface area (Å²) in [6, 6.07) is 18.2. The highest BCUT2D eigenvalue weighted by atomic mass is 16.6. The van der Waals surface area contributed by atoms with E-state index in [9.17, 15) is 34.9 Å². The van der Waals surface area contributed by atoms with E-state index in [1.807, 2.05) is 0 Å². The molecule has 34 heavy (non-hydrogen) atoms. The lowest BCUT2D eigenvalue weighted by Crippen LogP contribution is -2.29. The summed E-state index contributed by atoms with van der Waals surface area (Å²) < 4.78 is 0. The molecule has 0 bridgehead atoms. The molecule has 1 aliphatic heterocycles. The van der Waals surface area contributed by atoms with E-state index in [4.69, 9.17) is 0 Å². The Labute approximate surface area is 192 Å². The molecule has 4 rings (SSSR count). The minimum absolute atomic E-state index is 0.0596. The van der Waals surface area contributed by atoms with Crippen molar-refractivity contribution in [1.82, 2.24) is 4.90 Å². The number of aliphatic hydroxyl groups is 1. The number of aliphatic hydroxyl groups excluding tert-OH is 1. The molecule has 1 N–H and O–H groups in total. The molecule has 0 saturated carbocycles. The lowest BCUT2D eigenvalue weighted by Gasteiger charge is -2.25. The third kappa shape index (κ3) is 4.11. The Balaban J connectivity index is 1.84. The van der Waals surface area contributed by atoms with Crippen molar-refractivity contribution in [3.8, 4) is 0 Å². The summed E-state index contributed by atoms with van der Waals surface area (Å²) in [5.74, 6) is -2.25. The highest BCUT2D eigenvalue weighted by Crippen LogP contribution is 2.40. The number of hydrogen-bond acceptors (Lipinski definition) is 7. The number of carbonyl (C=O) groups is 2. The molecule has 1 unspecified atom stereocenters. The number of benzene rings is 3. The molecule has 1 saturated heterocycles. The van der Waals surface area contributed by atoms with Gasteiger partial charge in [-0.1, -0.05) is 30.3 Å². The Hall–Kier alpha value is -4.86. The Kier molecular flexibility index (Phi) is 5.88. The van der Waals surface area contributed by atoms with Crippen molar-refractivity contribution in [3.05, 3.63) is 121 Å². The largest absolute Gasteiger partial charge is 0.507 e. The van der Waals surface area contributed by atoms with Crippen LogP contribution in [0, 0.1) is 20.2 Å². The number of Topliss-reactive ketones (excluding diaryl/α,β-unsaturated/α-hetero) is 1. The van der Waals surface area contributed by atoms with Gasteiger partial charge in [0, 0.05) is 36.4 Å². The van der Waals surface area contributed by atoms with Crippen LogP contribution in [-0.4, -0.2) is 31.5 Å². The third-order valence-corrected chi connectivity index (χ3v) is 5.51. The van der Waals surface area contributed by atoms with Gasteiger partial charge in [-0.2, -0.15) is 0 Å². The van der Waals surface area contributed by atoms with Crippen LogP contribution in [0.3, 0.4) is 0 Å².